The minimum atomic E-state index is -0.579. The first-order valence-electron chi connectivity index (χ1n) is 9.77. The summed E-state index contributed by atoms with van der Waals surface area (Å²) < 4.78 is 21.7. The lowest BCUT2D eigenvalue weighted by Crippen LogP contribution is -2.49. The van der Waals surface area contributed by atoms with E-state index in [4.69, 9.17) is 18.9 Å². The van der Waals surface area contributed by atoms with E-state index in [1.807, 2.05) is 18.2 Å². The molecule has 1 atom stereocenters. The molecule has 2 aromatic carbocycles. The van der Waals surface area contributed by atoms with Gasteiger partial charge in [0.05, 0.1) is 27.0 Å². The lowest BCUT2D eigenvalue weighted by atomic mass is 10.2. The van der Waals surface area contributed by atoms with Crippen LogP contribution in [0.15, 0.2) is 42.5 Å². The largest absolute Gasteiger partial charge is 0.496 e. The van der Waals surface area contributed by atoms with Gasteiger partial charge in [-0.2, -0.15) is 0 Å². The topological polar surface area (TPSA) is 63.6 Å². The quantitative estimate of drug-likeness (QED) is 0.690. The summed E-state index contributed by atoms with van der Waals surface area (Å²) in [4.78, 5) is 4.58. The van der Waals surface area contributed by atoms with Crippen LogP contribution in [0.3, 0.4) is 0 Å². The number of aliphatic hydroxyl groups is 1. The fourth-order valence-electron chi connectivity index (χ4n) is 3.47. The Morgan fingerprint density at radius 1 is 0.862 bits per heavy atom. The monoisotopic (exact) mass is 402 g/mol. The Bertz CT molecular complexity index is 755. The maximum absolute atomic E-state index is 10.4. The summed E-state index contributed by atoms with van der Waals surface area (Å²) in [6.07, 6.45) is -0.579. The number of rotatable bonds is 9. The van der Waals surface area contributed by atoms with Crippen LogP contribution in [-0.4, -0.2) is 76.8 Å². The molecule has 0 saturated carbocycles. The molecule has 0 bridgehead atoms. The molecule has 1 heterocycles. The first kappa shape index (κ1) is 21.1. The summed E-state index contributed by atoms with van der Waals surface area (Å²) in [6.45, 7) is 4.32. The fraction of sp³-hybridized carbons (Fsp3) is 0.455. The van der Waals surface area contributed by atoms with E-state index in [1.165, 1.54) is 0 Å². The number of aliphatic hydroxyl groups excluding tert-OH is 1. The number of β-amino-alcohol motifs (C(OH)–C–C–N with tert-alkyl or cyclic N) is 1. The molecular formula is C22H30N2O5. The minimum absolute atomic E-state index is 0.211. The molecule has 0 aliphatic carbocycles. The number of para-hydroxylation sites is 2. The van der Waals surface area contributed by atoms with Gasteiger partial charge in [-0.15, -0.1) is 0 Å². The predicted molar refractivity (Wildman–Crippen MR) is 113 cm³/mol. The molecule has 1 aliphatic rings. The van der Waals surface area contributed by atoms with Crippen LogP contribution in [0.4, 0.5) is 5.69 Å². The van der Waals surface area contributed by atoms with E-state index in [1.54, 1.807) is 39.5 Å². The van der Waals surface area contributed by atoms with Crippen molar-refractivity contribution in [3.63, 3.8) is 0 Å². The number of hydrogen-bond acceptors (Lipinski definition) is 7. The SMILES string of the molecule is COc1cc(OC)cc(OCC(O)CN2CCN(c3ccccc3OC)CC2)c1. The highest BCUT2D eigenvalue weighted by atomic mass is 16.5. The van der Waals surface area contributed by atoms with Crippen LogP contribution in [0.2, 0.25) is 0 Å². The van der Waals surface area contributed by atoms with Crippen molar-refractivity contribution in [1.29, 1.82) is 0 Å². The third-order valence-electron chi connectivity index (χ3n) is 5.03. The lowest BCUT2D eigenvalue weighted by Gasteiger charge is -2.37. The number of ether oxygens (including phenoxy) is 4. The Labute approximate surface area is 172 Å². The van der Waals surface area contributed by atoms with Gasteiger partial charge in [0.15, 0.2) is 0 Å². The first-order chi connectivity index (χ1) is 14.1. The second-order valence-corrected chi connectivity index (χ2v) is 6.97. The van der Waals surface area contributed by atoms with Crippen LogP contribution >= 0.6 is 0 Å². The summed E-state index contributed by atoms with van der Waals surface area (Å²) in [6, 6.07) is 13.4. The molecule has 1 N–H and O–H groups in total. The molecule has 0 aromatic heterocycles. The van der Waals surface area contributed by atoms with Crippen molar-refractivity contribution in [2.75, 3.05) is 65.6 Å². The summed E-state index contributed by atoms with van der Waals surface area (Å²) in [5.41, 5.74) is 1.12. The normalized spacial score (nSPS) is 15.7. The van der Waals surface area contributed by atoms with Crippen LogP contribution in [0.25, 0.3) is 0 Å². The van der Waals surface area contributed by atoms with Crippen LogP contribution in [0.5, 0.6) is 23.0 Å². The van der Waals surface area contributed by atoms with E-state index in [0.717, 1.165) is 37.6 Å². The van der Waals surface area contributed by atoms with Crippen molar-refractivity contribution in [1.82, 2.24) is 4.90 Å². The molecule has 7 nitrogen and oxygen atoms in total. The fourth-order valence-corrected chi connectivity index (χ4v) is 3.47. The second-order valence-electron chi connectivity index (χ2n) is 6.97. The van der Waals surface area contributed by atoms with Crippen molar-refractivity contribution in [3.05, 3.63) is 42.5 Å². The summed E-state index contributed by atoms with van der Waals surface area (Å²) >= 11 is 0. The molecular weight excluding hydrogens is 372 g/mol. The molecule has 0 spiro atoms. The van der Waals surface area contributed by atoms with Gasteiger partial charge in [-0.1, -0.05) is 12.1 Å². The zero-order chi connectivity index (χ0) is 20.6. The number of methoxy groups -OCH3 is 3. The third-order valence-corrected chi connectivity index (χ3v) is 5.03. The van der Waals surface area contributed by atoms with Gasteiger partial charge in [0, 0.05) is 50.9 Å². The van der Waals surface area contributed by atoms with Gasteiger partial charge in [0.1, 0.15) is 35.7 Å². The molecule has 2 aromatic rings. The molecule has 1 aliphatic heterocycles. The van der Waals surface area contributed by atoms with Crippen LogP contribution in [-0.2, 0) is 0 Å². The molecule has 29 heavy (non-hydrogen) atoms. The van der Waals surface area contributed by atoms with Gasteiger partial charge < -0.3 is 29.0 Å². The Hall–Kier alpha value is -2.64. The van der Waals surface area contributed by atoms with Crippen molar-refractivity contribution in [2.24, 2.45) is 0 Å². The molecule has 1 saturated heterocycles. The van der Waals surface area contributed by atoms with E-state index in [-0.39, 0.29) is 6.61 Å². The summed E-state index contributed by atoms with van der Waals surface area (Å²) in [5, 5.41) is 10.4. The minimum Gasteiger partial charge on any atom is -0.496 e. The molecule has 158 valence electrons. The number of piperazine rings is 1. The van der Waals surface area contributed by atoms with E-state index in [9.17, 15) is 5.11 Å². The average molecular weight is 402 g/mol. The van der Waals surface area contributed by atoms with Gasteiger partial charge in [0.2, 0.25) is 0 Å². The molecule has 7 heteroatoms. The molecule has 0 radical (unpaired) electrons. The highest BCUT2D eigenvalue weighted by Gasteiger charge is 2.21. The third kappa shape index (κ3) is 5.68. The number of benzene rings is 2. The Morgan fingerprint density at radius 3 is 2.10 bits per heavy atom. The maximum Gasteiger partial charge on any atom is 0.142 e. The van der Waals surface area contributed by atoms with E-state index >= 15 is 0 Å². The molecule has 0 amide bonds. The Kier molecular flexibility index (Phi) is 7.43. The highest BCUT2D eigenvalue weighted by Crippen LogP contribution is 2.29. The van der Waals surface area contributed by atoms with Crippen molar-refractivity contribution >= 4 is 5.69 Å². The van der Waals surface area contributed by atoms with E-state index < -0.39 is 6.10 Å². The summed E-state index contributed by atoms with van der Waals surface area (Å²) in [7, 11) is 4.89. The smallest absolute Gasteiger partial charge is 0.142 e. The second kappa shape index (κ2) is 10.2. The number of anilines is 1. The van der Waals surface area contributed by atoms with E-state index in [0.29, 0.717) is 23.8 Å². The zero-order valence-corrected chi connectivity index (χ0v) is 17.3. The van der Waals surface area contributed by atoms with Crippen LogP contribution in [0, 0.1) is 0 Å². The van der Waals surface area contributed by atoms with Crippen LogP contribution < -0.4 is 23.8 Å². The van der Waals surface area contributed by atoms with Gasteiger partial charge in [-0.3, -0.25) is 4.90 Å². The number of hydrogen-bond donors (Lipinski definition) is 1. The predicted octanol–water partition coefficient (Wildman–Crippen LogP) is 2.27. The Morgan fingerprint density at radius 2 is 1.48 bits per heavy atom. The van der Waals surface area contributed by atoms with Crippen molar-refractivity contribution in [3.8, 4) is 23.0 Å². The maximum atomic E-state index is 10.4. The Balaban J connectivity index is 1.47. The number of nitrogens with zero attached hydrogens (tertiary/aromatic N) is 2. The lowest BCUT2D eigenvalue weighted by molar-refractivity contribution is 0.0661. The van der Waals surface area contributed by atoms with Gasteiger partial charge in [0.25, 0.3) is 0 Å². The highest BCUT2D eigenvalue weighted by molar-refractivity contribution is 5.58. The van der Waals surface area contributed by atoms with Gasteiger partial charge >= 0.3 is 0 Å². The summed E-state index contributed by atoms with van der Waals surface area (Å²) in [5.74, 6) is 2.81. The zero-order valence-electron chi connectivity index (χ0n) is 17.3. The average Bonchev–Trinajstić information content (AvgIpc) is 2.78. The van der Waals surface area contributed by atoms with Crippen LogP contribution in [0.1, 0.15) is 0 Å². The molecule has 3 rings (SSSR count). The van der Waals surface area contributed by atoms with Gasteiger partial charge in [-0.25, -0.2) is 0 Å². The standard InChI is InChI=1S/C22H30N2O5/c1-26-18-12-19(27-2)14-20(13-18)29-16-17(25)15-23-8-10-24(11-9-23)21-6-4-5-7-22(21)28-3/h4-7,12-14,17,25H,8-11,15-16H2,1-3H3. The first-order valence-corrected chi connectivity index (χ1v) is 9.77. The van der Waals surface area contributed by atoms with Crippen molar-refractivity contribution in [2.45, 2.75) is 6.10 Å². The molecule has 1 unspecified atom stereocenters. The van der Waals surface area contributed by atoms with Gasteiger partial charge in [-0.05, 0) is 12.1 Å². The van der Waals surface area contributed by atoms with E-state index in [2.05, 4.69) is 15.9 Å². The molecule has 1 fully saturated rings. The van der Waals surface area contributed by atoms with Crippen molar-refractivity contribution < 1.29 is 24.1 Å².